The van der Waals surface area contributed by atoms with E-state index in [4.69, 9.17) is 4.74 Å². The minimum atomic E-state index is -0.200. The zero-order chi connectivity index (χ0) is 20.6. The number of halogens is 1. The molecule has 0 N–H and O–H groups in total. The summed E-state index contributed by atoms with van der Waals surface area (Å²) >= 11 is 0. The molecule has 1 unspecified atom stereocenters. The lowest BCUT2D eigenvalue weighted by Gasteiger charge is -2.45. The van der Waals surface area contributed by atoms with Crippen molar-refractivity contribution in [2.24, 2.45) is 0 Å². The van der Waals surface area contributed by atoms with E-state index in [2.05, 4.69) is 56.0 Å². The number of rotatable bonds is 4. The minimum absolute atomic E-state index is 0.0640. The van der Waals surface area contributed by atoms with E-state index in [1.807, 2.05) is 18.2 Å². The van der Waals surface area contributed by atoms with Gasteiger partial charge in [-0.15, -0.1) is 0 Å². The number of nitrogens with zero attached hydrogens (tertiary/aromatic N) is 1. The maximum absolute atomic E-state index is 13.7. The summed E-state index contributed by atoms with van der Waals surface area (Å²) in [5.41, 5.74) is 5.90. The van der Waals surface area contributed by atoms with Crippen LogP contribution < -0.4 is 9.64 Å². The second-order valence-electron chi connectivity index (χ2n) is 8.66. The van der Waals surface area contributed by atoms with Gasteiger partial charge in [-0.3, -0.25) is 0 Å². The first kappa shape index (κ1) is 19.5. The summed E-state index contributed by atoms with van der Waals surface area (Å²) in [6.07, 6.45) is 1.07. The normalized spacial score (nSPS) is 17.7. The first-order valence-corrected chi connectivity index (χ1v) is 10.2. The lowest BCUT2D eigenvalue weighted by atomic mass is 9.74. The molecule has 1 aliphatic heterocycles. The van der Waals surface area contributed by atoms with Crippen molar-refractivity contribution in [1.82, 2.24) is 0 Å². The molecule has 0 amide bonds. The molecule has 0 fully saturated rings. The van der Waals surface area contributed by atoms with Crippen molar-refractivity contribution in [1.29, 1.82) is 0 Å². The van der Waals surface area contributed by atoms with Crippen molar-refractivity contribution in [2.75, 3.05) is 12.0 Å². The van der Waals surface area contributed by atoms with E-state index < -0.39 is 0 Å². The number of hydrogen-bond donors (Lipinski definition) is 0. The predicted octanol–water partition coefficient (Wildman–Crippen LogP) is 6.58. The molecular weight excluding hydrogens is 361 g/mol. The summed E-state index contributed by atoms with van der Waals surface area (Å²) in [6.45, 7) is 7.77. The second-order valence-corrected chi connectivity index (χ2v) is 8.66. The summed E-state index contributed by atoms with van der Waals surface area (Å²) in [6, 6.07) is 22.1. The van der Waals surface area contributed by atoms with Gasteiger partial charge in [0.05, 0.1) is 7.11 Å². The first-order valence-electron chi connectivity index (χ1n) is 10.2. The van der Waals surface area contributed by atoms with Gasteiger partial charge in [0.1, 0.15) is 11.6 Å². The Morgan fingerprint density at radius 2 is 1.72 bits per heavy atom. The molecule has 2 nitrogen and oxygen atoms in total. The Labute approximate surface area is 172 Å². The summed E-state index contributed by atoms with van der Waals surface area (Å²) < 4.78 is 19.0. The van der Waals surface area contributed by atoms with Crippen molar-refractivity contribution in [2.45, 2.75) is 45.2 Å². The molecule has 0 saturated carbocycles. The molecule has 1 heterocycles. The minimum Gasteiger partial charge on any atom is -0.497 e. The second kappa shape index (κ2) is 7.55. The average Bonchev–Trinajstić information content (AvgIpc) is 2.71. The number of anilines is 1. The number of fused-ring (bicyclic) bond motifs is 1. The standard InChI is InChI=1S/C26H28FNO/c1-18-16-26(2,3)24-15-21(20-6-5-7-22(27)14-20)10-13-25(24)28(18)17-19-8-11-23(29-4)12-9-19/h5-15,18H,16-17H2,1-4H3. The van der Waals surface area contributed by atoms with E-state index in [0.29, 0.717) is 6.04 Å². The quantitative estimate of drug-likeness (QED) is 0.500. The maximum Gasteiger partial charge on any atom is 0.123 e. The van der Waals surface area contributed by atoms with Crippen molar-refractivity contribution in [3.63, 3.8) is 0 Å². The van der Waals surface area contributed by atoms with E-state index in [-0.39, 0.29) is 11.2 Å². The van der Waals surface area contributed by atoms with Crippen LogP contribution in [-0.4, -0.2) is 13.2 Å². The summed E-state index contributed by atoms with van der Waals surface area (Å²) in [5, 5.41) is 0. The first-order chi connectivity index (χ1) is 13.9. The van der Waals surface area contributed by atoms with Crippen molar-refractivity contribution < 1.29 is 9.13 Å². The van der Waals surface area contributed by atoms with Crippen LogP contribution in [0.15, 0.2) is 66.7 Å². The molecule has 0 bridgehead atoms. The van der Waals surface area contributed by atoms with Crippen molar-refractivity contribution in [3.8, 4) is 16.9 Å². The molecule has 150 valence electrons. The van der Waals surface area contributed by atoms with E-state index in [1.54, 1.807) is 19.2 Å². The Morgan fingerprint density at radius 3 is 2.41 bits per heavy atom. The Morgan fingerprint density at radius 1 is 1.00 bits per heavy atom. The third-order valence-corrected chi connectivity index (χ3v) is 6.04. The number of hydrogen-bond acceptors (Lipinski definition) is 2. The molecule has 0 aliphatic carbocycles. The van der Waals surface area contributed by atoms with Crippen LogP contribution in [0.3, 0.4) is 0 Å². The zero-order valence-electron chi connectivity index (χ0n) is 17.6. The van der Waals surface area contributed by atoms with Gasteiger partial charge in [-0.2, -0.15) is 0 Å². The number of benzene rings is 3. The highest BCUT2D eigenvalue weighted by Crippen LogP contribution is 2.44. The number of methoxy groups -OCH3 is 1. The lowest BCUT2D eigenvalue weighted by molar-refractivity contribution is 0.393. The van der Waals surface area contributed by atoms with Gasteiger partial charge < -0.3 is 9.64 Å². The third kappa shape index (κ3) is 3.87. The average molecular weight is 390 g/mol. The Bertz CT molecular complexity index is 1010. The monoisotopic (exact) mass is 389 g/mol. The Balaban J connectivity index is 1.72. The molecule has 3 aromatic carbocycles. The third-order valence-electron chi connectivity index (χ3n) is 6.04. The van der Waals surface area contributed by atoms with Gasteiger partial charge in [0.25, 0.3) is 0 Å². The molecule has 0 spiro atoms. The molecule has 3 heteroatoms. The lowest BCUT2D eigenvalue weighted by Crippen LogP contribution is -2.43. The van der Waals surface area contributed by atoms with Crippen LogP contribution in [0.1, 0.15) is 38.3 Å². The van der Waals surface area contributed by atoms with Crippen LogP contribution in [0.2, 0.25) is 0 Å². The molecule has 4 rings (SSSR count). The summed E-state index contributed by atoms with van der Waals surface area (Å²) in [7, 11) is 1.69. The molecule has 0 saturated heterocycles. The molecule has 0 radical (unpaired) electrons. The van der Waals surface area contributed by atoms with Gasteiger partial charge in [0.15, 0.2) is 0 Å². The van der Waals surface area contributed by atoms with Crippen molar-refractivity contribution in [3.05, 3.63) is 83.7 Å². The van der Waals surface area contributed by atoms with Gasteiger partial charge in [-0.05, 0) is 77.4 Å². The Kier molecular flexibility index (Phi) is 5.08. The van der Waals surface area contributed by atoms with Gasteiger partial charge in [-0.1, -0.05) is 44.2 Å². The molecule has 3 aromatic rings. The van der Waals surface area contributed by atoms with Gasteiger partial charge in [0, 0.05) is 18.3 Å². The van der Waals surface area contributed by atoms with Crippen LogP contribution in [0.4, 0.5) is 10.1 Å². The highest BCUT2D eigenvalue weighted by atomic mass is 19.1. The fraction of sp³-hybridized carbons (Fsp3) is 0.308. The summed E-state index contributed by atoms with van der Waals surface area (Å²) in [4.78, 5) is 2.48. The highest BCUT2D eigenvalue weighted by Gasteiger charge is 2.35. The van der Waals surface area contributed by atoms with E-state index in [1.165, 1.54) is 22.9 Å². The molecule has 1 atom stereocenters. The van der Waals surface area contributed by atoms with E-state index in [9.17, 15) is 4.39 Å². The molecule has 0 aromatic heterocycles. The Hall–Kier alpha value is -2.81. The summed E-state index contributed by atoms with van der Waals surface area (Å²) in [5.74, 6) is 0.677. The maximum atomic E-state index is 13.7. The number of ether oxygens (including phenoxy) is 1. The topological polar surface area (TPSA) is 12.5 Å². The van der Waals surface area contributed by atoms with E-state index in [0.717, 1.165) is 29.8 Å². The fourth-order valence-electron chi connectivity index (χ4n) is 4.54. The fourth-order valence-corrected chi connectivity index (χ4v) is 4.54. The van der Waals surface area contributed by atoms with Crippen LogP contribution in [0.5, 0.6) is 5.75 Å². The van der Waals surface area contributed by atoms with Crippen LogP contribution in [0, 0.1) is 5.82 Å². The van der Waals surface area contributed by atoms with Gasteiger partial charge >= 0.3 is 0 Å². The smallest absolute Gasteiger partial charge is 0.123 e. The van der Waals surface area contributed by atoms with Gasteiger partial charge in [0.2, 0.25) is 0 Å². The molecule has 29 heavy (non-hydrogen) atoms. The van der Waals surface area contributed by atoms with Crippen LogP contribution in [0.25, 0.3) is 11.1 Å². The SMILES string of the molecule is COc1ccc(CN2c3ccc(-c4cccc(F)c4)cc3C(C)(C)CC2C)cc1. The highest BCUT2D eigenvalue weighted by molar-refractivity contribution is 5.71. The molecule has 1 aliphatic rings. The van der Waals surface area contributed by atoms with Gasteiger partial charge in [-0.25, -0.2) is 4.39 Å². The zero-order valence-corrected chi connectivity index (χ0v) is 17.6. The predicted molar refractivity (Wildman–Crippen MR) is 118 cm³/mol. The van der Waals surface area contributed by atoms with Crippen LogP contribution >= 0.6 is 0 Å². The van der Waals surface area contributed by atoms with Crippen molar-refractivity contribution >= 4 is 5.69 Å². The van der Waals surface area contributed by atoms with E-state index >= 15 is 0 Å². The largest absolute Gasteiger partial charge is 0.497 e. The van der Waals surface area contributed by atoms with Crippen LogP contribution in [-0.2, 0) is 12.0 Å². The molecular formula is C26H28FNO.